The lowest BCUT2D eigenvalue weighted by atomic mass is 10.0. The number of halogens is 1. The number of rotatable bonds is 4. The van der Waals surface area contributed by atoms with Crippen LogP contribution in [-0.4, -0.2) is 26.5 Å². The van der Waals surface area contributed by atoms with Gasteiger partial charge in [0, 0.05) is 12.7 Å². The second kappa shape index (κ2) is 7.47. The number of fused-ring (bicyclic) bond motifs is 1. The lowest BCUT2D eigenvalue weighted by Crippen LogP contribution is -2.47. The quantitative estimate of drug-likeness (QED) is 0.272. The fourth-order valence-electron chi connectivity index (χ4n) is 2.89. The van der Waals surface area contributed by atoms with Crippen LogP contribution >= 0.6 is 33.9 Å². The van der Waals surface area contributed by atoms with Crippen molar-refractivity contribution in [2.24, 2.45) is 10.2 Å². The molecule has 3 aromatic rings. The molecule has 0 bridgehead atoms. The predicted molar refractivity (Wildman–Crippen MR) is 121 cm³/mol. The van der Waals surface area contributed by atoms with E-state index in [1.54, 1.807) is 29.6 Å². The van der Waals surface area contributed by atoms with Gasteiger partial charge in [-0.2, -0.15) is 5.11 Å². The first-order valence-electron chi connectivity index (χ1n) is 8.66. The van der Waals surface area contributed by atoms with Crippen LogP contribution in [0.5, 0.6) is 0 Å². The summed E-state index contributed by atoms with van der Waals surface area (Å²) in [4.78, 5) is 4.70. The highest BCUT2D eigenvalue weighted by atomic mass is 127. The summed E-state index contributed by atoms with van der Waals surface area (Å²) in [7, 11) is 1.53. The molecule has 0 saturated heterocycles. The van der Waals surface area contributed by atoms with Gasteiger partial charge in [-0.05, 0) is 83.6 Å². The van der Waals surface area contributed by atoms with Gasteiger partial charge in [-0.1, -0.05) is 18.2 Å². The first-order chi connectivity index (χ1) is 13.4. The zero-order valence-corrected chi connectivity index (χ0v) is 18.3. The molecule has 5 nitrogen and oxygen atoms in total. The van der Waals surface area contributed by atoms with Gasteiger partial charge in [0.15, 0.2) is 3.61 Å². The minimum atomic E-state index is -1.57. The maximum Gasteiger partial charge on any atom is 0.238 e. The monoisotopic (exact) mass is 503 g/mol. The van der Waals surface area contributed by atoms with E-state index < -0.39 is 9.33 Å². The molecular weight excluding hydrogens is 485 g/mol. The van der Waals surface area contributed by atoms with E-state index in [0.717, 1.165) is 16.1 Å². The molecule has 4 rings (SSSR count). The smallest absolute Gasteiger partial charge is 0.238 e. The number of aryl methyl sites for hydroxylation is 1. The van der Waals surface area contributed by atoms with E-state index in [2.05, 4.69) is 29.3 Å². The minimum Gasteiger partial charge on any atom is -0.362 e. The van der Waals surface area contributed by atoms with E-state index in [1.807, 2.05) is 59.0 Å². The van der Waals surface area contributed by atoms with Crippen molar-refractivity contribution in [2.75, 3.05) is 7.11 Å². The highest BCUT2D eigenvalue weighted by Crippen LogP contribution is 2.40. The van der Waals surface area contributed by atoms with Gasteiger partial charge in [0.25, 0.3) is 0 Å². The standard InChI is InChI=1S/C21H18IN3O2S/c1-14-5-10-17-18(13-14)28-19(23-17)15-6-8-16(9-7-15)24-25-21(26)12-4-3-11-20(21,22)27-2/h3-13,26H,1-2H3. The van der Waals surface area contributed by atoms with Crippen molar-refractivity contribution in [2.45, 2.75) is 16.3 Å². The second-order valence-corrected chi connectivity index (χ2v) is 9.16. The summed E-state index contributed by atoms with van der Waals surface area (Å²) in [6.45, 7) is 2.08. The van der Waals surface area contributed by atoms with E-state index in [9.17, 15) is 5.11 Å². The van der Waals surface area contributed by atoms with Crippen LogP contribution in [0.4, 0.5) is 5.69 Å². The number of aliphatic hydroxyl groups is 1. The van der Waals surface area contributed by atoms with E-state index in [1.165, 1.54) is 17.4 Å². The Morgan fingerprint density at radius 1 is 1.11 bits per heavy atom. The number of alkyl halides is 1. The minimum absolute atomic E-state index is 0.645. The molecule has 0 amide bonds. The van der Waals surface area contributed by atoms with Gasteiger partial charge in [0.05, 0.1) is 15.9 Å². The van der Waals surface area contributed by atoms with E-state index in [-0.39, 0.29) is 0 Å². The highest BCUT2D eigenvalue weighted by molar-refractivity contribution is 14.1. The summed E-state index contributed by atoms with van der Waals surface area (Å²) in [6.07, 6.45) is 6.87. The third-order valence-electron chi connectivity index (χ3n) is 4.53. The van der Waals surface area contributed by atoms with Crippen LogP contribution in [0.25, 0.3) is 20.8 Å². The summed E-state index contributed by atoms with van der Waals surface area (Å²) in [6, 6.07) is 13.9. The predicted octanol–water partition coefficient (Wildman–Crippen LogP) is 5.95. The molecule has 2 aromatic carbocycles. The maximum absolute atomic E-state index is 10.8. The Bertz CT molecular complexity index is 1110. The van der Waals surface area contributed by atoms with Crippen LogP contribution in [0.3, 0.4) is 0 Å². The van der Waals surface area contributed by atoms with Gasteiger partial charge in [-0.15, -0.1) is 16.5 Å². The fourth-order valence-corrected chi connectivity index (χ4v) is 4.45. The van der Waals surface area contributed by atoms with E-state index in [0.29, 0.717) is 5.69 Å². The van der Waals surface area contributed by atoms with Crippen LogP contribution in [-0.2, 0) is 4.74 Å². The Morgan fingerprint density at radius 3 is 2.61 bits per heavy atom. The number of nitrogens with zero attached hydrogens (tertiary/aromatic N) is 3. The Hall–Kier alpha value is -1.94. The average molecular weight is 503 g/mol. The second-order valence-electron chi connectivity index (χ2n) is 6.53. The number of hydrogen-bond acceptors (Lipinski definition) is 6. The molecule has 0 aliphatic heterocycles. The number of allylic oxidation sites excluding steroid dienone is 2. The number of azo groups is 1. The molecule has 142 valence electrons. The Kier molecular flexibility index (Phi) is 5.17. The van der Waals surface area contributed by atoms with Crippen molar-refractivity contribution >= 4 is 49.8 Å². The van der Waals surface area contributed by atoms with Gasteiger partial charge in [0.1, 0.15) is 5.01 Å². The lowest BCUT2D eigenvalue weighted by molar-refractivity contribution is -0.0472. The summed E-state index contributed by atoms with van der Waals surface area (Å²) >= 11 is 3.70. The molecule has 2 unspecified atom stereocenters. The molecule has 1 aliphatic rings. The fraction of sp³-hybridized carbons (Fsp3) is 0.190. The molecular formula is C21H18IN3O2S. The lowest BCUT2D eigenvalue weighted by Gasteiger charge is -2.35. The molecule has 1 heterocycles. The van der Waals surface area contributed by atoms with Crippen molar-refractivity contribution in [3.63, 3.8) is 0 Å². The Morgan fingerprint density at radius 2 is 1.86 bits per heavy atom. The first kappa shape index (κ1) is 19.4. The van der Waals surface area contributed by atoms with Crippen LogP contribution in [0.15, 0.2) is 77.0 Å². The Balaban J connectivity index is 1.58. The van der Waals surface area contributed by atoms with E-state index in [4.69, 9.17) is 9.72 Å². The third-order valence-corrected chi connectivity index (χ3v) is 7.19. The zero-order chi connectivity index (χ0) is 19.8. The number of aromatic nitrogens is 1. The Labute approximate surface area is 180 Å². The van der Waals surface area contributed by atoms with Gasteiger partial charge in [-0.3, -0.25) is 0 Å². The third kappa shape index (κ3) is 3.55. The van der Waals surface area contributed by atoms with Gasteiger partial charge < -0.3 is 9.84 Å². The van der Waals surface area contributed by atoms with Gasteiger partial charge in [0.2, 0.25) is 5.72 Å². The molecule has 7 heteroatoms. The van der Waals surface area contributed by atoms with Crippen molar-refractivity contribution in [1.29, 1.82) is 0 Å². The molecule has 1 aliphatic carbocycles. The molecule has 0 saturated carbocycles. The molecule has 0 fully saturated rings. The molecule has 28 heavy (non-hydrogen) atoms. The molecule has 0 radical (unpaired) electrons. The average Bonchev–Trinajstić information content (AvgIpc) is 3.12. The number of thiazole rings is 1. The zero-order valence-electron chi connectivity index (χ0n) is 15.3. The normalized spacial score (nSPS) is 24.4. The summed E-state index contributed by atoms with van der Waals surface area (Å²) < 4.78 is 5.61. The summed E-state index contributed by atoms with van der Waals surface area (Å²) in [5, 5.41) is 20.2. The van der Waals surface area contributed by atoms with Crippen LogP contribution in [0.2, 0.25) is 0 Å². The SMILES string of the molecule is COC1(I)C=CC=CC1(O)N=Nc1ccc(-c2nc3ccc(C)cc3s2)cc1. The van der Waals surface area contributed by atoms with Crippen LogP contribution in [0, 0.1) is 6.92 Å². The molecule has 2 atom stereocenters. The first-order valence-corrected chi connectivity index (χ1v) is 10.6. The number of methoxy groups -OCH3 is 1. The van der Waals surface area contributed by atoms with Crippen molar-refractivity contribution in [3.05, 3.63) is 72.3 Å². The van der Waals surface area contributed by atoms with Crippen molar-refractivity contribution < 1.29 is 9.84 Å². The highest BCUT2D eigenvalue weighted by Gasteiger charge is 2.48. The summed E-state index contributed by atoms with van der Waals surface area (Å²) in [5.74, 6) is 0. The number of ether oxygens (including phenoxy) is 1. The number of hydrogen-bond donors (Lipinski definition) is 1. The van der Waals surface area contributed by atoms with Crippen LogP contribution < -0.4 is 0 Å². The van der Waals surface area contributed by atoms with E-state index >= 15 is 0 Å². The molecule has 1 N–H and O–H groups in total. The maximum atomic E-state index is 10.8. The molecule has 1 aromatic heterocycles. The topological polar surface area (TPSA) is 67.1 Å². The molecule has 0 spiro atoms. The van der Waals surface area contributed by atoms with Crippen molar-refractivity contribution in [3.8, 4) is 10.6 Å². The van der Waals surface area contributed by atoms with Crippen molar-refractivity contribution in [1.82, 2.24) is 4.98 Å². The van der Waals surface area contributed by atoms with Crippen LogP contribution in [0.1, 0.15) is 5.56 Å². The van der Waals surface area contributed by atoms with Gasteiger partial charge >= 0.3 is 0 Å². The number of benzene rings is 2. The van der Waals surface area contributed by atoms with Gasteiger partial charge in [-0.25, -0.2) is 4.98 Å². The largest absolute Gasteiger partial charge is 0.362 e. The summed E-state index contributed by atoms with van der Waals surface area (Å²) in [5.41, 5.74) is 2.34.